The Morgan fingerprint density at radius 3 is 2.00 bits per heavy atom. The Balaban J connectivity index is 3.26. The molecule has 118 valence electrons. The maximum Gasteiger partial charge on any atom is 0.417 e. The minimum absolute atomic E-state index is 0.190. The third-order valence-electron chi connectivity index (χ3n) is 2.87. The zero-order valence-corrected chi connectivity index (χ0v) is 10.7. The highest BCUT2D eigenvalue weighted by atomic mass is 19.4. The first-order valence-corrected chi connectivity index (χ1v) is 5.74. The van der Waals surface area contributed by atoms with Gasteiger partial charge in [-0.25, -0.2) is 4.79 Å². The van der Waals surface area contributed by atoms with E-state index in [0.29, 0.717) is 6.07 Å². The van der Waals surface area contributed by atoms with Gasteiger partial charge in [0.05, 0.1) is 30.9 Å². The number of carboxylic acids is 1. The highest BCUT2D eigenvalue weighted by Gasteiger charge is 2.36. The SMILES string of the molecule is O=C(O)c1ccc(NC(CO)(CO)CO)cc1C(F)(F)F. The molecule has 0 saturated carbocycles. The van der Waals surface area contributed by atoms with Crippen molar-refractivity contribution >= 4 is 11.7 Å². The van der Waals surface area contributed by atoms with E-state index in [0.717, 1.165) is 12.1 Å². The van der Waals surface area contributed by atoms with Gasteiger partial charge < -0.3 is 25.7 Å². The minimum Gasteiger partial charge on any atom is -0.478 e. The van der Waals surface area contributed by atoms with Crippen LogP contribution in [0.1, 0.15) is 15.9 Å². The van der Waals surface area contributed by atoms with E-state index < -0.39 is 48.6 Å². The molecular weight excluding hydrogens is 295 g/mol. The Morgan fingerprint density at radius 1 is 1.10 bits per heavy atom. The molecule has 0 aliphatic heterocycles. The maximum absolute atomic E-state index is 12.8. The molecule has 1 aromatic carbocycles. The summed E-state index contributed by atoms with van der Waals surface area (Å²) in [6, 6.07) is 2.35. The molecule has 0 aromatic heterocycles. The van der Waals surface area contributed by atoms with Crippen LogP contribution in [0, 0.1) is 0 Å². The van der Waals surface area contributed by atoms with Crippen molar-refractivity contribution in [2.24, 2.45) is 0 Å². The number of halogens is 3. The molecule has 0 saturated heterocycles. The number of nitrogens with one attached hydrogen (secondary N) is 1. The van der Waals surface area contributed by atoms with Gasteiger partial charge in [0, 0.05) is 5.69 Å². The fourth-order valence-corrected chi connectivity index (χ4v) is 1.62. The summed E-state index contributed by atoms with van der Waals surface area (Å²) in [5.41, 5.74) is -4.10. The lowest BCUT2D eigenvalue weighted by Crippen LogP contribution is -2.49. The molecule has 0 bridgehead atoms. The fourth-order valence-electron chi connectivity index (χ4n) is 1.62. The smallest absolute Gasteiger partial charge is 0.417 e. The predicted molar refractivity (Wildman–Crippen MR) is 66.0 cm³/mol. The Morgan fingerprint density at radius 2 is 1.62 bits per heavy atom. The first-order valence-electron chi connectivity index (χ1n) is 5.74. The van der Waals surface area contributed by atoms with Crippen LogP contribution in [-0.4, -0.2) is 51.8 Å². The molecule has 6 nitrogen and oxygen atoms in total. The minimum atomic E-state index is -4.88. The van der Waals surface area contributed by atoms with Crippen LogP contribution >= 0.6 is 0 Å². The highest BCUT2D eigenvalue weighted by Crippen LogP contribution is 2.34. The average molecular weight is 309 g/mol. The number of aliphatic hydroxyl groups excluding tert-OH is 3. The van der Waals surface area contributed by atoms with Crippen LogP contribution in [-0.2, 0) is 6.18 Å². The third kappa shape index (κ3) is 3.84. The Bertz CT molecular complexity index is 506. The van der Waals surface area contributed by atoms with Crippen LogP contribution in [0.4, 0.5) is 18.9 Å². The van der Waals surface area contributed by atoms with Gasteiger partial charge in [0.1, 0.15) is 5.54 Å². The molecular formula is C12H14F3NO5. The number of benzene rings is 1. The number of hydrogen-bond acceptors (Lipinski definition) is 5. The number of hydrogen-bond donors (Lipinski definition) is 5. The molecule has 0 spiro atoms. The number of rotatable bonds is 6. The zero-order chi connectivity index (χ0) is 16.3. The summed E-state index contributed by atoms with van der Waals surface area (Å²) in [5.74, 6) is -1.73. The lowest BCUT2D eigenvalue weighted by Gasteiger charge is -2.30. The third-order valence-corrected chi connectivity index (χ3v) is 2.87. The molecule has 0 amide bonds. The van der Waals surface area contributed by atoms with Gasteiger partial charge >= 0.3 is 12.1 Å². The normalized spacial score (nSPS) is 12.3. The van der Waals surface area contributed by atoms with E-state index in [1.165, 1.54) is 0 Å². The summed E-state index contributed by atoms with van der Waals surface area (Å²) in [7, 11) is 0. The van der Waals surface area contributed by atoms with Crippen LogP contribution < -0.4 is 5.32 Å². The van der Waals surface area contributed by atoms with Crippen molar-refractivity contribution in [3.63, 3.8) is 0 Å². The lowest BCUT2D eigenvalue weighted by atomic mass is 10.0. The molecule has 1 rings (SSSR count). The van der Waals surface area contributed by atoms with Crippen molar-refractivity contribution in [3.05, 3.63) is 29.3 Å². The summed E-state index contributed by atoms with van der Waals surface area (Å²) in [6.45, 7) is -2.20. The number of carbonyl (C=O) groups is 1. The van der Waals surface area contributed by atoms with Crippen molar-refractivity contribution in [1.82, 2.24) is 0 Å². The maximum atomic E-state index is 12.8. The standard InChI is InChI=1S/C12H14F3NO5/c13-12(14,15)9-3-7(1-2-8(9)10(20)21)16-11(4-17,5-18)6-19/h1-3,16-19H,4-6H2,(H,20,21). The van der Waals surface area contributed by atoms with Crippen molar-refractivity contribution in [3.8, 4) is 0 Å². The van der Waals surface area contributed by atoms with Crippen LogP contribution in [0.25, 0.3) is 0 Å². The molecule has 9 heteroatoms. The van der Waals surface area contributed by atoms with E-state index in [2.05, 4.69) is 5.32 Å². The second kappa shape index (κ2) is 6.29. The van der Waals surface area contributed by atoms with Gasteiger partial charge in [-0.15, -0.1) is 0 Å². The van der Waals surface area contributed by atoms with E-state index in [4.69, 9.17) is 20.4 Å². The topological polar surface area (TPSA) is 110 Å². The van der Waals surface area contributed by atoms with E-state index in [9.17, 15) is 18.0 Å². The van der Waals surface area contributed by atoms with Crippen molar-refractivity contribution in [1.29, 1.82) is 0 Å². The highest BCUT2D eigenvalue weighted by molar-refractivity contribution is 5.90. The summed E-state index contributed by atoms with van der Waals surface area (Å²) in [5, 5.41) is 38.5. The molecule has 5 N–H and O–H groups in total. The Hall–Kier alpha value is -1.84. The number of aromatic carboxylic acids is 1. The number of anilines is 1. The lowest BCUT2D eigenvalue weighted by molar-refractivity contribution is -0.138. The second-order valence-corrected chi connectivity index (χ2v) is 4.44. The van der Waals surface area contributed by atoms with E-state index in [1.54, 1.807) is 0 Å². The van der Waals surface area contributed by atoms with Crippen LogP contribution in [0.3, 0.4) is 0 Å². The molecule has 0 atom stereocenters. The van der Waals surface area contributed by atoms with Gasteiger partial charge in [0.15, 0.2) is 0 Å². The van der Waals surface area contributed by atoms with Gasteiger partial charge in [-0.05, 0) is 18.2 Å². The summed E-state index contributed by atoms with van der Waals surface area (Å²) < 4.78 is 38.5. The zero-order valence-electron chi connectivity index (χ0n) is 10.7. The van der Waals surface area contributed by atoms with Gasteiger partial charge in [0.25, 0.3) is 0 Å². The molecule has 1 aromatic rings. The number of aliphatic hydroxyl groups is 3. The van der Waals surface area contributed by atoms with Crippen molar-refractivity contribution in [2.45, 2.75) is 11.7 Å². The van der Waals surface area contributed by atoms with E-state index >= 15 is 0 Å². The van der Waals surface area contributed by atoms with E-state index in [1.807, 2.05) is 0 Å². The predicted octanol–water partition coefficient (Wildman–Crippen LogP) is 0.531. The van der Waals surface area contributed by atoms with Gasteiger partial charge in [0.2, 0.25) is 0 Å². The van der Waals surface area contributed by atoms with Crippen LogP contribution in [0.2, 0.25) is 0 Å². The van der Waals surface area contributed by atoms with Crippen molar-refractivity contribution < 1.29 is 38.4 Å². The molecule has 0 radical (unpaired) electrons. The number of carboxylic acid groups (broad SMARTS) is 1. The molecule has 21 heavy (non-hydrogen) atoms. The summed E-state index contributed by atoms with van der Waals surface area (Å²) in [6.07, 6.45) is -4.88. The molecule has 0 fully saturated rings. The van der Waals surface area contributed by atoms with Gasteiger partial charge in [-0.1, -0.05) is 0 Å². The Labute approximate surface area is 117 Å². The first-order chi connectivity index (χ1) is 9.69. The van der Waals surface area contributed by atoms with Crippen LogP contribution in [0.5, 0.6) is 0 Å². The monoisotopic (exact) mass is 309 g/mol. The molecule has 0 unspecified atom stereocenters. The Kier molecular flexibility index (Phi) is 5.15. The second-order valence-electron chi connectivity index (χ2n) is 4.44. The van der Waals surface area contributed by atoms with Crippen LogP contribution in [0.15, 0.2) is 18.2 Å². The molecule has 0 aliphatic rings. The summed E-state index contributed by atoms with van der Waals surface area (Å²) >= 11 is 0. The average Bonchev–Trinajstić information content (AvgIpc) is 2.43. The van der Waals surface area contributed by atoms with Crippen molar-refractivity contribution in [2.75, 3.05) is 25.1 Å². The van der Waals surface area contributed by atoms with E-state index in [-0.39, 0.29) is 5.69 Å². The first kappa shape index (κ1) is 17.2. The number of alkyl halides is 3. The summed E-state index contributed by atoms with van der Waals surface area (Å²) in [4.78, 5) is 10.8. The molecule has 0 heterocycles. The largest absolute Gasteiger partial charge is 0.478 e. The quantitative estimate of drug-likeness (QED) is 0.524. The van der Waals surface area contributed by atoms with Gasteiger partial charge in [-0.3, -0.25) is 0 Å². The fraction of sp³-hybridized carbons (Fsp3) is 0.417. The molecule has 0 aliphatic carbocycles. The van der Waals surface area contributed by atoms with Gasteiger partial charge in [-0.2, -0.15) is 13.2 Å².